The molecular weight excluding hydrogens is 777 g/mol. The van der Waals surface area contributed by atoms with Crippen LogP contribution in [0.4, 0.5) is 13.2 Å². The summed E-state index contributed by atoms with van der Waals surface area (Å²) in [6.45, 7) is 0. The maximum absolute atomic E-state index is 15.5. The van der Waals surface area contributed by atoms with Crippen LogP contribution in [0, 0.1) is 0 Å². The van der Waals surface area contributed by atoms with Crippen molar-refractivity contribution in [2.24, 2.45) is 0 Å². The molecule has 0 aromatic heterocycles. The van der Waals surface area contributed by atoms with E-state index in [1.807, 2.05) is 42.5 Å². The Morgan fingerprint density at radius 2 is 0.983 bits per heavy atom. The molecule has 298 valence electrons. The van der Waals surface area contributed by atoms with Crippen LogP contribution in [-0.4, -0.2) is 67.5 Å². The lowest BCUT2D eigenvalue weighted by Gasteiger charge is -2.27. The number of fused-ring (bicyclic) bond motifs is 4. The van der Waals surface area contributed by atoms with Crippen LogP contribution in [0.3, 0.4) is 0 Å². The van der Waals surface area contributed by atoms with E-state index in [0.29, 0.717) is 5.56 Å². The first-order valence-electron chi connectivity index (χ1n) is 17.8. The minimum Gasteiger partial charge on any atom is -0.504 e. The minimum atomic E-state index is -5.29. The van der Waals surface area contributed by atoms with Gasteiger partial charge in [0.25, 0.3) is 0 Å². The summed E-state index contributed by atoms with van der Waals surface area (Å²) in [6.07, 6.45) is -7.24. The average Bonchev–Trinajstić information content (AvgIpc) is 3.28. The van der Waals surface area contributed by atoms with E-state index in [-0.39, 0.29) is 11.1 Å². The molecular formula is C44H29F3O12. The Hall–Kier alpha value is -7.81. The third kappa shape index (κ3) is 4.97. The number of phenolic OH excluding ortho intramolecular Hbond substituents is 12. The molecule has 1 atom stereocenters. The molecule has 1 aliphatic carbocycles. The quantitative estimate of drug-likeness (QED) is 0.0578. The van der Waals surface area contributed by atoms with Crippen molar-refractivity contribution in [1.82, 2.24) is 0 Å². The first-order chi connectivity index (χ1) is 27.9. The van der Waals surface area contributed by atoms with E-state index < -0.39 is 149 Å². The molecule has 1 aliphatic rings. The monoisotopic (exact) mass is 806 g/mol. The topological polar surface area (TPSA) is 243 Å². The second kappa shape index (κ2) is 12.3. The van der Waals surface area contributed by atoms with E-state index >= 15 is 13.2 Å². The number of aryl methyl sites for hydroxylation is 1. The van der Waals surface area contributed by atoms with Gasteiger partial charge in [0.05, 0.1) is 11.3 Å². The van der Waals surface area contributed by atoms with Crippen LogP contribution in [0.5, 0.6) is 69.0 Å². The summed E-state index contributed by atoms with van der Waals surface area (Å²) in [4.78, 5) is 0. The predicted octanol–water partition coefficient (Wildman–Crippen LogP) is 9.36. The molecule has 9 rings (SSSR count). The lowest BCUT2D eigenvalue weighted by molar-refractivity contribution is -0.151. The molecule has 0 radical (unpaired) electrons. The first-order valence-corrected chi connectivity index (χ1v) is 17.8. The molecule has 0 heterocycles. The third-order valence-electron chi connectivity index (χ3n) is 11.4. The normalized spacial score (nSPS) is 14.2. The number of benzene rings is 8. The highest BCUT2D eigenvalue weighted by Crippen LogP contribution is 2.65. The Bertz CT molecular complexity index is 3170. The number of halogens is 3. The van der Waals surface area contributed by atoms with Crippen LogP contribution in [0.25, 0.3) is 76.5 Å². The van der Waals surface area contributed by atoms with Crippen molar-refractivity contribution in [2.75, 3.05) is 0 Å². The van der Waals surface area contributed by atoms with E-state index in [1.54, 1.807) is 12.1 Å². The number of phenols is 12. The van der Waals surface area contributed by atoms with Crippen LogP contribution in [0.2, 0.25) is 0 Å². The number of hydrogen-bond acceptors (Lipinski definition) is 12. The van der Waals surface area contributed by atoms with Gasteiger partial charge in [0.15, 0.2) is 46.0 Å². The van der Waals surface area contributed by atoms with Crippen molar-refractivity contribution in [3.05, 3.63) is 83.9 Å². The Balaban J connectivity index is 1.54. The molecule has 12 N–H and O–H groups in total. The fraction of sp³-hybridized carbons (Fsp3) is 0.0909. The highest BCUT2D eigenvalue weighted by molar-refractivity contribution is 6.30. The summed E-state index contributed by atoms with van der Waals surface area (Å²) < 4.78 is 46.4. The Morgan fingerprint density at radius 1 is 0.424 bits per heavy atom. The molecule has 0 saturated carbocycles. The maximum Gasteiger partial charge on any atom is 0.395 e. The zero-order chi connectivity index (χ0) is 42.1. The van der Waals surface area contributed by atoms with Gasteiger partial charge in [-0.3, -0.25) is 0 Å². The van der Waals surface area contributed by atoms with Gasteiger partial charge in [-0.1, -0.05) is 60.7 Å². The second-order valence-electron chi connectivity index (χ2n) is 14.4. The summed E-state index contributed by atoms with van der Waals surface area (Å²) >= 11 is 0. The van der Waals surface area contributed by atoms with Gasteiger partial charge in [0, 0.05) is 49.4 Å². The summed E-state index contributed by atoms with van der Waals surface area (Å²) in [5, 5.41) is 133. The van der Waals surface area contributed by atoms with Crippen molar-refractivity contribution in [1.29, 1.82) is 0 Å². The zero-order valence-corrected chi connectivity index (χ0v) is 29.9. The van der Waals surface area contributed by atoms with Gasteiger partial charge in [0.1, 0.15) is 0 Å². The largest absolute Gasteiger partial charge is 0.504 e. The van der Waals surface area contributed by atoms with Crippen LogP contribution in [0.1, 0.15) is 23.5 Å². The molecule has 8 aromatic carbocycles. The Morgan fingerprint density at radius 3 is 1.64 bits per heavy atom. The van der Waals surface area contributed by atoms with Gasteiger partial charge < -0.3 is 61.3 Å². The van der Waals surface area contributed by atoms with E-state index in [2.05, 4.69) is 0 Å². The van der Waals surface area contributed by atoms with Crippen LogP contribution < -0.4 is 0 Å². The molecule has 0 spiro atoms. The van der Waals surface area contributed by atoms with Gasteiger partial charge in [-0.15, -0.1) is 0 Å². The molecule has 12 nitrogen and oxygen atoms in total. The second-order valence-corrected chi connectivity index (χ2v) is 14.4. The number of alkyl halides is 3. The van der Waals surface area contributed by atoms with Crippen LogP contribution in [0.15, 0.2) is 72.8 Å². The SMILES string of the molecule is Oc1cc2c3c4c(c(O)c(O)c(O)c4c(-c4ccc(-c5ccc6ccccc6c5)cc4)c2c(O)c1O)C(C(F)(F)F)CCc1c(O)c(O)c(O)c2c(O)c(O)c(O)c-3c12. The van der Waals surface area contributed by atoms with Crippen molar-refractivity contribution >= 4 is 43.1 Å². The Kier molecular flexibility index (Phi) is 7.70. The summed E-state index contributed by atoms with van der Waals surface area (Å²) in [7, 11) is 0. The fourth-order valence-electron chi connectivity index (χ4n) is 8.66. The molecule has 59 heavy (non-hydrogen) atoms. The van der Waals surface area contributed by atoms with Crippen molar-refractivity contribution < 1.29 is 74.4 Å². The first kappa shape index (κ1) is 36.8. The average molecular weight is 807 g/mol. The molecule has 1 unspecified atom stereocenters. The van der Waals surface area contributed by atoms with E-state index in [1.165, 1.54) is 12.1 Å². The van der Waals surface area contributed by atoms with E-state index in [9.17, 15) is 61.3 Å². The minimum absolute atomic E-state index is 0.0461. The van der Waals surface area contributed by atoms with Crippen molar-refractivity contribution in [3.63, 3.8) is 0 Å². The van der Waals surface area contributed by atoms with Gasteiger partial charge in [-0.25, -0.2) is 0 Å². The highest BCUT2D eigenvalue weighted by atomic mass is 19.4. The number of aromatic hydroxyl groups is 12. The number of rotatable bonds is 2. The number of hydrogen-bond donors (Lipinski definition) is 12. The van der Waals surface area contributed by atoms with Gasteiger partial charge in [-0.05, 0) is 57.8 Å². The zero-order valence-electron chi connectivity index (χ0n) is 29.9. The van der Waals surface area contributed by atoms with Crippen LogP contribution >= 0.6 is 0 Å². The maximum atomic E-state index is 15.5. The molecule has 8 aromatic rings. The molecule has 0 saturated heterocycles. The van der Waals surface area contributed by atoms with Gasteiger partial charge >= 0.3 is 6.18 Å². The lowest BCUT2D eigenvalue weighted by atomic mass is 9.79. The molecule has 0 bridgehead atoms. The van der Waals surface area contributed by atoms with Gasteiger partial charge in [0.2, 0.25) is 23.0 Å². The Labute approximate surface area is 328 Å². The molecule has 15 heteroatoms. The molecule has 0 aliphatic heterocycles. The summed E-state index contributed by atoms with van der Waals surface area (Å²) in [5.74, 6) is -18.0. The summed E-state index contributed by atoms with van der Waals surface area (Å²) in [6, 6.07) is 20.2. The third-order valence-corrected chi connectivity index (χ3v) is 11.4. The van der Waals surface area contributed by atoms with E-state index in [0.717, 1.165) is 22.4 Å². The van der Waals surface area contributed by atoms with E-state index in [4.69, 9.17) is 0 Å². The highest BCUT2D eigenvalue weighted by Gasteiger charge is 2.46. The van der Waals surface area contributed by atoms with Crippen molar-refractivity contribution in [3.8, 4) is 102 Å². The molecule has 0 amide bonds. The lowest BCUT2D eigenvalue weighted by Crippen LogP contribution is -2.22. The smallest absolute Gasteiger partial charge is 0.395 e. The predicted molar refractivity (Wildman–Crippen MR) is 210 cm³/mol. The standard InChI is InChI=1S/C44H29F3O12/c45-44(46,47)22-12-11-20-25-31(38(54)43(59)40(56)32(25)39(55)41(57)33(20)49)26-21-14-23(48)34(50)35(51)27(21)24(30-29(26)28(22)36(52)42(58)37(30)53)17-8-5-16(6-9-17)19-10-7-15-3-1-2-4-18(15)13-19/h1-10,13-14,22,48-59H,11-12H2. The van der Waals surface area contributed by atoms with Gasteiger partial charge in [-0.2, -0.15) is 13.2 Å². The summed E-state index contributed by atoms with van der Waals surface area (Å²) in [5.41, 5.74) is -2.11. The van der Waals surface area contributed by atoms with Crippen molar-refractivity contribution in [2.45, 2.75) is 24.9 Å². The fourth-order valence-corrected chi connectivity index (χ4v) is 8.66. The van der Waals surface area contributed by atoms with Crippen LogP contribution in [-0.2, 0) is 6.42 Å². The molecule has 0 fully saturated rings.